The van der Waals surface area contributed by atoms with Crippen molar-refractivity contribution in [3.63, 3.8) is 0 Å². The molecule has 0 saturated carbocycles. The standard InChI is InChI=1S/C21H17ClN2O2/c22-16-7-4-8-17(12-16)24-13-15(11-20(24)25)21(26)23-19-10-3-6-14-5-1-2-9-18(14)19/h1-10,12,15H,11,13H2,(H,23,26)/t15-/m0/s1. The van der Waals surface area contributed by atoms with Gasteiger partial charge in [0.15, 0.2) is 0 Å². The van der Waals surface area contributed by atoms with Crippen LogP contribution in [0.15, 0.2) is 66.7 Å². The smallest absolute Gasteiger partial charge is 0.229 e. The number of rotatable bonds is 3. The first-order valence-electron chi connectivity index (χ1n) is 8.46. The number of halogens is 1. The van der Waals surface area contributed by atoms with Gasteiger partial charge in [0.1, 0.15) is 0 Å². The van der Waals surface area contributed by atoms with Crippen molar-refractivity contribution < 1.29 is 9.59 Å². The molecule has 5 heteroatoms. The second-order valence-electron chi connectivity index (χ2n) is 6.40. The van der Waals surface area contributed by atoms with E-state index in [-0.39, 0.29) is 24.2 Å². The van der Waals surface area contributed by atoms with Crippen LogP contribution in [0.4, 0.5) is 11.4 Å². The highest BCUT2D eigenvalue weighted by molar-refractivity contribution is 6.31. The fraction of sp³-hybridized carbons (Fsp3) is 0.143. The summed E-state index contributed by atoms with van der Waals surface area (Å²) in [6.45, 7) is 0.357. The minimum Gasteiger partial charge on any atom is -0.325 e. The topological polar surface area (TPSA) is 49.4 Å². The number of fused-ring (bicyclic) bond motifs is 1. The molecule has 3 aromatic rings. The fourth-order valence-electron chi connectivity index (χ4n) is 3.35. The van der Waals surface area contributed by atoms with Crippen molar-refractivity contribution in [3.8, 4) is 0 Å². The van der Waals surface area contributed by atoms with E-state index in [0.29, 0.717) is 11.6 Å². The van der Waals surface area contributed by atoms with E-state index in [4.69, 9.17) is 11.6 Å². The van der Waals surface area contributed by atoms with Crippen LogP contribution >= 0.6 is 11.6 Å². The Morgan fingerprint density at radius 1 is 1.04 bits per heavy atom. The van der Waals surface area contributed by atoms with E-state index in [9.17, 15) is 9.59 Å². The van der Waals surface area contributed by atoms with Crippen LogP contribution in [-0.4, -0.2) is 18.4 Å². The van der Waals surface area contributed by atoms with Crippen molar-refractivity contribution in [2.45, 2.75) is 6.42 Å². The molecule has 1 aliphatic rings. The normalized spacial score (nSPS) is 16.9. The van der Waals surface area contributed by atoms with Gasteiger partial charge in [-0.25, -0.2) is 0 Å². The Balaban J connectivity index is 1.53. The second kappa shape index (κ2) is 6.81. The molecule has 1 saturated heterocycles. The molecule has 0 radical (unpaired) electrons. The molecule has 1 N–H and O–H groups in total. The number of anilines is 2. The molecule has 0 bridgehead atoms. The van der Waals surface area contributed by atoms with E-state index in [2.05, 4.69) is 5.32 Å². The summed E-state index contributed by atoms with van der Waals surface area (Å²) in [4.78, 5) is 26.7. The van der Waals surface area contributed by atoms with Gasteiger partial charge in [0, 0.05) is 34.7 Å². The van der Waals surface area contributed by atoms with E-state index in [0.717, 1.165) is 22.1 Å². The van der Waals surface area contributed by atoms with E-state index < -0.39 is 0 Å². The predicted molar refractivity (Wildman–Crippen MR) is 104 cm³/mol. The molecule has 3 aromatic carbocycles. The molecule has 4 nitrogen and oxygen atoms in total. The molecule has 1 atom stereocenters. The number of carbonyl (C=O) groups is 2. The maximum absolute atomic E-state index is 12.7. The van der Waals surface area contributed by atoms with Crippen molar-refractivity contribution >= 4 is 45.6 Å². The van der Waals surface area contributed by atoms with Crippen LogP contribution in [-0.2, 0) is 9.59 Å². The number of hydrogen-bond acceptors (Lipinski definition) is 2. The molecule has 0 aromatic heterocycles. The molecule has 1 heterocycles. The lowest BCUT2D eigenvalue weighted by molar-refractivity contribution is -0.122. The Bertz CT molecular complexity index is 997. The Labute approximate surface area is 156 Å². The van der Waals surface area contributed by atoms with Crippen LogP contribution in [0.25, 0.3) is 10.8 Å². The lowest BCUT2D eigenvalue weighted by Crippen LogP contribution is -2.28. The third-order valence-electron chi connectivity index (χ3n) is 4.66. The van der Waals surface area contributed by atoms with Gasteiger partial charge in [0.05, 0.1) is 5.92 Å². The lowest BCUT2D eigenvalue weighted by Gasteiger charge is -2.17. The van der Waals surface area contributed by atoms with Gasteiger partial charge in [-0.2, -0.15) is 0 Å². The minimum absolute atomic E-state index is 0.0645. The molecule has 26 heavy (non-hydrogen) atoms. The molecule has 2 amide bonds. The van der Waals surface area contributed by atoms with Gasteiger partial charge in [-0.05, 0) is 29.7 Å². The van der Waals surface area contributed by atoms with E-state index in [1.807, 2.05) is 48.5 Å². The van der Waals surface area contributed by atoms with Gasteiger partial charge in [0.2, 0.25) is 11.8 Å². The molecule has 4 rings (SSSR count). The van der Waals surface area contributed by atoms with Crippen molar-refractivity contribution in [1.82, 2.24) is 0 Å². The Hall–Kier alpha value is -2.85. The average Bonchev–Trinajstić information content (AvgIpc) is 3.04. The minimum atomic E-state index is -0.388. The van der Waals surface area contributed by atoms with Gasteiger partial charge in [-0.15, -0.1) is 0 Å². The van der Waals surface area contributed by atoms with Gasteiger partial charge in [0.25, 0.3) is 0 Å². The number of nitrogens with one attached hydrogen (secondary N) is 1. The van der Waals surface area contributed by atoms with Crippen molar-refractivity contribution in [2.75, 3.05) is 16.8 Å². The molecule has 1 fully saturated rings. The molecular formula is C21H17ClN2O2. The fourth-order valence-corrected chi connectivity index (χ4v) is 3.53. The summed E-state index contributed by atoms with van der Waals surface area (Å²) in [6, 6.07) is 20.8. The van der Waals surface area contributed by atoms with Crippen LogP contribution in [0.1, 0.15) is 6.42 Å². The first-order chi connectivity index (χ1) is 12.6. The Kier molecular flexibility index (Phi) is 4.35. The number of carbonyl (C=O) groups excluding carboxylic acids is 2. The number of amides is 2. The Morgan fingerprint density at radius 2 is 1.81 bits per heavy atom. The monoisotopic (exact) mass is 364 g/mol. The lowest BCUT2D eigenvalue weighted by atomic mass is 10.1. The van der Waals surface area contributed by atoms with Gasteiger partial charge < -0.3 is 10.2 Å². The highest BCUT2D eigenvalue weighted by atomic mass is 35.5. The van der Waals surface area contributed by atoms with Crippen molar-refractivity contribution in [3.05, 3.63) is 71.8 Å². The largest absolute Gasteiger partial charge is 0.325 e. The SMILES string of the molecule is O=C(Nc1cccc2ccccc12)[C@H]1CC(=O)N(c2cccc(Cl)c2)C1. The van der Waals surface area contributed by atoms with E-state index in [1.165, 1.54) is 0 Å². The average molecular weight is 365 g/mol. The molecular weight excluding hydrogens is 348 g/mol. The second-order valence-corrected chi connectivity index (χ2v) is 6.84. The molecule has 1 aliphatic heterocycles. The molecule has 0 unspecified atom stereocenters. The number of nitrogens with zero attached hydrogens (tertiary/aromatic N) is 1. The quantitative estimate of drug-likeness (QED) is 0.744. The van der Waals surface area contributed by atoms with Gasteiger partial charge >= 0.3 is 0 Å². The van der Waals surface area contributed by atoms with E-state index >= 15 is 0 Å². The Morgan fingerprint density at radius 3 is 2.65 bits per heavy atom. The molecule has 0 aliphatic carbocycles. The third kappa shape index (κ3) is 3.16. The van der Waals surface area contributed by atoms with Crippen LogP contribution in [0, 0.1) is 5.92 Å². The van der Waals surface area contributed by atoms with Crippen LogP contribution in [0.2, 0.25) is 5.02 Å². The summed E-state index contributed by atoms with van der Waals surface area (Å²) in [5.41, 5.74) is 1.49. The summed E-state index contributed by atoms with van der Waals surface area (Å²) in [5.74, 6) is -0.593. The summed E-state index contributed by atoms with van der Waals surface area (Å²) >= 11 is 6.02. The number of hydrogen-bond donors (Lipinski definition) is 1. The van der Waals surface area contributed by atoms with Gasteiger partial charge in [-0.1, -0.05) is 54.1 Å². The van der Waals surface area contributed by atoms with Crippen molar-refractivity contribution in [2.24, 2.45) is 5.92 Å². The summed E-state index contributed by atoms with van der Waals surface area (Å²) in [6.07, 6.45) is 0.198. The maximum Gasteiger partial charge on any atom is 0.229 e. The summed E-state index contributed by atoms with van der Waals surface area (Å²) < 4.78 is 0. The maximum atomic E-state index is 12.7. The van der Waals surface area contributed by atoms with Crippen LogP contribution in [0.5, 0.6) is 0 Å². The third-order valence-corrected chi connectivity index (χ3v) is 4.90. The zero-order valence-electron chi connectivity index (χ0n) is 14.0. The predicted octanol–water partition coefficient (Wildman–Crippen LogP) is 4.48. The summed E-state index contributed by atoms with van der Waals surface area (Å²) in [7, 11) is 0. The summed E-state index contributed by atoms with van der Waals surface area (Å²) in [5, 5.41) is 5.60. The molecule has 0 spiro atoms. The zero-order valence-corrected chi connectivity index (χ0v) is 14.7. The highest BCUT2D eigenvalue weighted by Crippen LogP contribution is 2.29. The first kappa shape index (κ1) is 16.6. The first-order valence-corrected chi connectivity index (χ1v) is 8.84. The highest BCUT2D eigenvalue weighted by Gasteiger charge is 2.35. The van der Waals surface area contributed by atoms with Crippen molar-refractivity contribution in [1.29, 1.82) is 0 Å². The van der Waals surface area contributed by atoms with Crippen LogP contribution in [0.3, 0.4) is 0 Å². The van der Waals surface area contributed by atoms with E-state index in [1.54, 1.807) is 23.1 Å². The zero-order chi connectivity index (χ0) is 18.1. The van der Waals surface area contributed by atoms with Crippen LogP contribution < -0.4 is 10.2 Å². The van der Waals surface area contributed by atoms with Gasteiger partial charge in [-0.3, -0.25) is 9.59 Å². The molecule has 130 valence electrons. The number of benzene rings is 3.